The number of anilines is 1. The van der Waals surface area contributed by atoms with Gasteiger partial charge >= 0.3 is 0 Å². The molecule has 3 nitrogen and oxygen atoms in total. The number of aromatic amines is 1. The standard InChI is InChI=1S/C18H21N3/c1-13-11-16-17(12-14(13)2)21-18(20-16)9-6-10-19-15-7-4-3-5-8-15/h3-5,7-8,11-12,19H,6,9-10H2,1-2H3,(H,20,21). The van der Waals surface area contributed by atoms with E-state index in [1.807, 2.05) is 18.2 Å². The fourth-order valence-corrected chi connectivity index (χ4v) is 2.49. The van der Waals surface area contributed by atoms with Crippen molar-refractivity contribution in [3.63, 3.8) is 0 Å². The number of nitrogens with one attached hydrogen (secondary N) is 2. The van der Waals surface area contributed by atoms with Gasteiger partial charge in [-0.1, -0.05) is 18.2 Å². The molecule has 2 aromatic carbocycles. The van der Waals surface area contributed by atoms with Crippen LogP contribution in [0.5, 0.6) is 0 Å². The molecule has 1 heterocycles. The van der Waals surface area contributed by atoms with Gasteiger partial charge in [0.15, 0.2) is 0 Å². The largest absolute Gasteiger partial charge is 0.385 e. The predicted molar refractivity (Wildman–Crippen MR) is 88.8 cm³/mol. The van der Waals surface area contributed by atoms with E-state index in [2.05, 4.69) is 53.4 Å². The minimum Gasteiger partial charge on any atom is -0.385 e. The van der Waals surface area contributed by atoms with E-state index in [0.29, 0.717) is 0 Å². The maximum Gasteiger partial charge on any atom is 0.107 e. The molecule has 0 aliphatic rings. The molecule has 108 valence electrons. The lowest BCUT2D eigenvalue weighted by Crippen LogP contribution is -2.03. The Hall–Kier alpha value is -2.29. The van der Waals surface area contributed by atoms with Gasteiger partial charge in [0.1, 0.15) is 5.82 Å². The molecule has 0 bridgehead atoms. The van der Waals surface area contributed by atoms with Gasteiger partial charge in [0.25, 0.3) is 0 Å². The normalized spacial score (nSPS) is 11.0. The van der Waals surface area contributed by atoms with Crippen LogP contribution in [0.2, 0.25) is 0 Å². The van der Waals surface area contributed by atoms with Gasteiger partial charge < -0.3 is 10.3 Å². The van der Waals surface area contributed by atoms with Crippen LogP contribution >= 0.6 is 0 Å². The molecule has 1 aromatic heterocycles. The minimum absolute atomic E-state index is 0.957. The van der Waals surface area contributed by atoms with Crippen LogP contribution in [-0.4, -0.2) is 16.5 Å². The number of aryl methyl sites for hydroxylation is 3. The van der Waals surface area contributed by atoms with Gasteiger partial charge in [-0.05, 0) is 55.7 Å². The van der Waals surface area contributed by atoms with Crippen molar-refractivity contribution in [3.8, 4) is 0 Å². The number of fused-ring (bicyclic) bond motifs is 1. The SMILES string of the molecule is Cc1cc2nc(CCCNc3ccccc3)[nH]c2cc1C. The molecule has 0 unspecified atom stereocenters. The molecule has 2 N–H and O–H groups in total. The molecular weight excluding hydrogens is 258 g/mol. The van der Waals surface area contributed by atoms with Crippen LogP contribution in [-0.2, 0) is 6.42 Å². The molecule has 0 fully saturated rings. The van der Waals surface area contributed by atoms with Crippen molar-refractivity contribution in [1.29, 1.82) is 0 Å². The number of H-pyrrole nitrogens is 1. The zero-order valence-corrected chi connectivity index (χ0v) is 12.6. The highest BCUT2D eigenvalue weighted by Gasteiger charge is 2.04. The fraction of sp³-hybridized carbons (Fsp3) is 0.278. The third kappa shape index (κ3) is 3.24. The van der Waals surface area contributed by atoms with E-state index >= 15 is 0 Å². The molecule has 3 heteroatoms. The molecule has 0 saturated carbocycles. The summed E-state index contributed by atoms with van der Waals surface area (Å²) in [5.41, 5.74) is 6.00. The maximum absolute atomic E-state index is 4.68. The summed E-state index contributed by atoms with van der Waals surface area (Å²) in [6, 6.07) is 14.7. The highest BCUT2D eigenvalue weighted by molar-refractivity contribution is 5.77. The monoisotopic (exact) mass is 279 g/mol. The minimum atomic E-state index is 0.957. The van der Waals surface area contributed by atoms with Crippen LogP contribution in [0.15, 0.2) is 42.5 Å². The van der Waals surface area contributed by atoms with E-state index in [1.54, 1.807) is 0 Å². The molecule has 0 saturated heterocycles. The molecule has 0 aliphatic carbocycles. The number of para-hydroxylation sites is 1. The Morgan fingerprint density at radius 1 is 1.05 bits per heavy atom. The average molecular weight is 279 g/mol. The van der Waals surface area contributed by atoms with Crippen molar-refractivity contribution in [2.45, 2.75) is 26.7 Å². The predicted octanol–water partition coefficient (Wildman–Crippen LogP) is 4.22. The topological polar surface area (TPSA) is 40.7 Å². The van der Waals surface area contributed by atoms with Crippen molar-refractivity contribution < 1.29 is 0 Å². The number of nitrogens with zero attached hydrogens (tertiary/aromatic N) is 1. The highest BCUT2D eigenvalue weighted by atomic mass is 14.9. The zero-order valence-electron chi connectivity index (χ0n) is 12.6. The summed E-state index contributed by atoms with van der Waals surface area (Å²) in [4.78, 5) is 8.10. The Balaban J connectivity index is 1.58. The molecule has 0 amide bonds. The van der Waals surface area contributed by atoms with Crippen LogP contribution in [0.4, 0.5) is 5.69 Å². The summed E-state index contributed by atoms with van der Waals surface area (Å²) in [7, 11) is 0. The first kappa shape index (κ1) is 13.7. The lowest BCUT2D eigenvalue weighted by atomic mass is 10.1. The Bertz CT molecular complexity index is 690. The summed E-state index contributed by atoms with van der Waals surface area (Å²) >= 11 is 0. The summed E-state index contributed by atoms with van der Waals surface area (Å²) in [5, 5.41) is 3.43. The van der Waals surface area contributed by atoms with Gasteiger partial charge in [-0.25, -0.2) is 4.98 Å². The first-order chi connectivity index (χ1) is 10.2. The summed E-state index contributed by atoms with van der Waals surface area (Å²) in [6.07, 6.45) is 2.03. The molecule has 0 aliphatic heterocycles. The van der Waals surface area contributed by atoms with Gasteiger partial charge in [-0.15, -0.1) is 0 Å². The number of imidazole rings is 1. The third-order valence-corrected chi connectivity index (χ3v) is 3.84. The number of aromatic nitrogens is 2. The van der Waals surface area contributed by atoms with Crippen molar-refractivity contribution >= 4 is 16.7 Å². The Morgan fingerprint density at radius 3 is 2.62 bits per heavy atom. The lowest BCUT2D eigenvalue weighted by Gasteiger charge is -2.04. The first-order valence-electron chi connectivity index (χ1n) is 7.47. The second-order valence-corrected chi connectivity index (χ2v) is 5.53. The Morgan fingerprint density at radius 2 is 1.81 bits per heavy atom. The summed E-state index contributed by atoms with van der Waals surface area (Å²) in [5.74, 6) is 1.07. The summed E-state index contributed by atoms with van der Waals surface area (Å²) < 4.78 is 0. The van der Waals surface area contributed by atoms with Gasteiger partial charge in [-0.3, -0.25) is 0 Å². The Kier molecular flexibility index (Phi) is 3.91. The molecule has 3 aromatic rings. The number of benzene rings is 2. The van der Waals surface area contributed by atoms with E-state index in [0.717, 1.165) is 36.2 Å². The van der Waals surface area contributed by atoms with Crippen LogP contribution in [0, 0.1) is 13.8 Å². The third-order valence-electron chi connectivity index (χ3n) is 3.84. The lowest BCUT2D eigenvalue weighted by molar-refractivity contribution is 0.820. The highest BCUT2D eigenvalue weighted by Crippen LogP contribution is 2.17. The average Bonchev–Trinajstić information content (AvgIpc) is 2.87. The van der Waals surface area contributed by atoms with Gasteiger partial charge in [-0.2, -0.15) is 0 Å². The number of rotatable bonds is 5. The molecule has 0 radical (unpaired) electrons. The molecule has 0 atom stereocenters. The van der Waals surface area contributed by atoms with Crippen LogP contribution < -0.4 is 5.32 Å². The van der Waals surface area contributed by atoms with Crippen molar-refractivity contribution in [2.24, 2.45) is 0 Å². The quantitative estimate of drug-likeness (QED) is 0.686. The first-order valence-corrected chi connectivity index (χ1v) is 7.47. The van der Waals surface area contributed by atoms with Gasteiger partial charge in [0, 0.05) is 18.7 Å². The van der Waals surface area contributed by atoms with Crippen molar-refractivity contribution in [2.75, 3.05) is 11.9 Å². The molecular formula is C18H21N3. The smallest absolute Gasteiger partial charge is 0.107 e. The van der Waals surface area contributed by atoms with Gasteiger partial charge in [0.2, 0.25) is 0 Å². The van der Waals surface area contributed by atoms with Gasteiger partial charge in [0.05, 0.1) is 11.0 Å². The number of hydrogen-bond acceptors (Lipinski definition) is 2. The second-order valence-electron chi connectivity index (χ2n) is 5.53. The maximum atomic E-state index is 4.68. The van der Waals surface area contributed by atoms with E-state index in [4.69, 9.17) is 0 Å². The van der Waals surface area contributed by atoms with Crippen molar-refractivity contribution in [3.05, 3.63) is 59.4 Å². The van der Waals surface area contributed by atoms with E-state index in [9.17, 15) is 0 Å². The van der Waals surface area contributed by atoms with Crippen LogP contribution in [0.25, 0.3) is 11.0 Å². The van der Waals surface area contributed by atoms with E-state index in [1.165, 1.54) is 16.8 Å². The molecule has 3 rings (SSSR count). The van der Waals surface area contributed by atoms with E-state index in [-0.39, 0.29) is 0 Å². The van der Waals surface area contributed by atoms with Crippen LogP contribution in [0.3, 0.4) is 0 Å². The Labute approximate surface area is 125 Å². The zero-order chi connectivity index (χ0) is 14.7. The molecule has 0 spiro atoms. The van der Waals surface area contributed by atoms with E-state index < -0.39 is 0 Å². The number of hydrogen-bond donors (Lipinski definition) is 2. The molecule has 21 heavy (non-hydrogen) atoms. The second kappa shape index (κ2) is 6.00. The summed E-state index contributed by atoms with van der Waals surface area (Å²) in [6.45, 7) is 5.23. The van der Waals surface area contributed by atoms with Crippen molar-refractivity contribution in [1.82, 2.24) is 9.97 Å². The van der Waals surface area contributed by atoms with Crippen LogP contribution in [0.1, 0.15) is 23.4 Å². The fourth-order valence-electron chi connectivity index (χ4n) is 2.49.